The Balaban J connectivity index is 1.36. The highest BCUT2D eigenvalue weighted by molar-refractivity contribution is 5.82. The molecule has 0 atom stereocenters. The smallest absolute Gasteiger partial charge is 0.236 e. The second-order valence-corrected chi connectivity index (χ2v) is 7.20. The molecule has 0 radical (unpaired) electrons. The van der Waals surface area contributed by atoms with E-state index in [0.29, 0.717) is 48.5 Å². The van der Waals surface area contributed by atoms with Crippen molar-refractivity contribution >= 4 is 23.1 Å². The summed E-state index contributed by atoms with van der Waals surface area (Å²) in [7, 11) is 1.96. The maximum absolute atomic E-state index is 12.0. The molecule has 1 aromatic heterocycles. The number of amides is 1. The van der Waals surface area contributed by atoms with Crippen LogP contribution in [0.25, 0.3) is 5.57 Å². The number of carbonyl (C=O) groups excluding carboxylic acids is 1. The van der Waals surface area contributed by atoms with E-state index in [1.54, 1.807) is 12.3 Å². The van der Waals surface area contributed by atoms with Crippen LogP contribution in [0.15, 0.2) is 42.4 Å². The molecular weight excluding hydrogens is 382 g/mol. The molecule has 30 heavy (non-hydrogen) atoms. The van der Waals surface area contributed by atoms with E-state index in [4.69, 9.17) is 4.74 Å². The van der Waals surface area contributed by atoms with Gasteiger partial charge in [0, 0.05) is 32.4 Å². The third kappa shape index (κ3) is 4.34. The average Bonchev–Trinajstić information content (AvgIpc) is 3.17. The normalized spacial score (nSPS) is 17.6. The highest BCUT2D eigenvalue weighted by Crippen LogP contribution is 2.35. The molecule has 2 N–H and O–H groups in total. The van der Waals surface area contributed by atoms with Crippen molar-refractivity contribution in [2.45, 2.75) is 6.42 Å². The molecule has 2 aliphatic heterocycles. The summed E-state index contributed by atoms with van der Waals surface area (Å²) in [6.07, 6.45) is 2.39. The summed E-state index contributed by atoms with van der Waals surface area (Å²) in [6.45, 7) is 3.46. The van der Waals surface area contributed by atoms with Crippen LogP contribution in [0, 0.1) is 11.3 Å². The molecule has 9 heteroatoms. The standard InChI is InChI=1S/C21H23N7O2/c1-27-11-12-28(19(29)14-27)10-4-8-23-21-24-9-7-16(26-21)15(13-22)20-25-17-5-2-3-6-18(17)30-20/h2-3,5-7,9,25H,4,8,10-12,14H2,1H3,(H,23,24,26)/b20-15-. The number of nitrogens with zero attached hydrogens (tertiary/aromatic N) is 5. The van der Waals surface area contributed by atoms with Gasteiger partial charge in [-0.15, -0.1) is 0 Å². The van der Waals surface area contributed by atoms with Crippen LogP contribution < -0.4 is 15.4 Å². The van der Waals surface area contributed by atoms with Crippen molar-refractivity contribution in [3.63, 3.8) is 0 Å². The Kier molecular flexibility index (Phi) is 5.77. The van der Waals surface area contributed by atoms with Crippen LogP contribution in [0.5, 0.6) is 5.75 Å². The molecule has 4 rings (SSSR count). The fourth-order valence-corrected chi connectivity index (χ4v) is 3.37. The maximum Gasteiger partial charge on any atom is 0.236 e. The zero-order chi connectivity index (χ0) is 20.9. The fourth-order valence-electron chi connectivity index (χ4n) is 3.37. The van der Waals surface area contributed by atoms with E-state index in [1.165, 1.54) is 0 Å². The molecule has 1 amide bonds. The zero-order valence-electron chi connectivity index (χ0n) is 16.8. The summed E-state index contributed by atoms with van der Waals surface area (Å²) in [4.78, 5) is 24.6. The van der Waals surface area contributed by atoms with Gasteiger partial charge in [0.1, 0.15) is 11.6 Å². The molecule has 2 aliphatic rings. The van der Waals surface area contributed by atoms with E-state index in [9.17, 15) is 10.1 Å². The summed E-state index contributed by atoms with van der Waals surface area (Å²) in [5, 5.41) is 15.9. The molecule has 2 aromatic rings. The Bertz CT molecular complexity index is 987. The van der Waals surface area contributed by atoms with Crippen LogP contribution in [0.2, 0.25) is 0 Å². The fraction of sp³-hybridized carbons (Fsp3) is 0.333. The van der Waals surface area contributed by atoms with Crippen LogP contribution in [0.3, 0.4) is 0 Å². The number of ether oxygens (including phenoxy) is 1. The van der Waals surface area contributed by atoms with Crippen molar-refractivity contribution in [2.24, 2.45) is 0 Å². The Morgan fingerprint density at radius 1 is 1.33 bits per heavy atom. The average molecular weight is 405 g/mol. The summed E-state index contributed by atoms with van der Waals surface area (Å²) in [6, 6.07) is 11.3. The van der Waals surface area contributed by atoms with Gasteiger partial charge in [0.25, 0.3) is 0 Å². The molecule has 0 unspecified atom stereocenters. The van der Waals surface area contributed by atoms with Gasteiger partial charge in [-0.2, -0.15) is 5.26 Å². The van der Waals surface area contributed by atoms with E-state index in [1.807, 2.05) is 41.1 Å². The van der Waals surface area contributed by atoms with Gasteiger partial charge in [-0.25, -0.2) is 9.97 Å². The number of fused-ring (bicyclic) bond motifs is 1. The Hall–Kier alpha value is -3.64. The second-order valence-electron chi connectivity index (χ2n) is 7.20. The predicted molar refractivity (Wildman–Crippen MR) is 112 cm³/mol. The van der Waals surface area contributed by atoms with Crippen LogP contribution >= 0.6 is 0 Å². The number of anilines is 2. The third-order valence-electron chi connectivity index (χ3n) is 5.00. The number of likely N-dealkylation sites (N-methyl/N-ethyl adjacent to an activating group) is 1. The van der Waals surface area contributed by atoms with Crippen molar-refractivity contribution in [2.75, 3.05) is 50.4 Å². The lowest BCUT2D eigenvalue weighted by Crippen LogP contribution is -2.49. The van der Waals surface area contributed by atoms with Crippen LogP contribution in [0.4, 0.5) is 11.6 Å². The van der Waals surface area contributed by atoms with Crippen LogP contribution in [0.1, 0.15) is 12.1 Å². The Morgan fingerprint density at radius 3 is 3.00 bits per heavy atom. The lowest BCUT2D eigenvalue weighted by atomic mass is 10.2. The molecule has 0 saturated carbocycles. The maximum atomic E-state index is 12.0. The first-order chi connectivity index (χ1) is 14.6. The molecule has 0 aliphatic carbocycles. The van der Waals surface area contributed by atoms with Gasteiger partial charge in [0.2, 0.25) is 17.7 Å². The number of hydrogen-bond donors (Lipinski definition) is 2. The van der Waals surface area contributed by atoms with Crippen molar-refractivity contribution in [1.82, 2.24) is 19.8 Å². The minimum absolute atomic E-state index is 0.164. The summed E-state index contributed by atoms with van der Waals surface area (Å²) < 4.78 is 5.76. The number of hydrogen-bond acceptors (Lipinski definition) is 8. The quantitative estimate of drug-likeness (QED) is 0.553. The second kappa shape index (κ2) is 8.80. The molecule has 0 spiro atoms. The van der Waals surface area contributed by atoms with Gasteiger partial charge in [0.15, 0.2) is 5.75 Å². The van der Waals surface area contributed by atoms with E-state index >= 15 is 0 Å². The molecule has 1 saturated heterocycles. The van der Waals surface area contributed by atoms with Gasteiger partial charge in [0.05, 0.1) is 17.9 Å². The molecule has 154 valence electrons. The van der Waals surface area contributed by atoms with Crippen molar-refractivity contribution in [3.05, 3.63) is 48.1 Å². The molecule has 1 fully saturated rings. The van der Waals surface area contributed by atoms with Gasteiger partial charge in [-0.3, -0.25) is 9.69 Å². The highest BCUT2D eigenvalue weighted by atomic mass is 16.5. The first-order valence-electron chi connectivity index (χ1n) is 9.86. The summed E-state index contributed by atoms with van der Waals surface area (Å²) in [5.74, 6) is 1.63. The van der Waals surface area contributed by atoms with Gasteiger partial charge in [-0.05, 0) is 31.7 Å². The number of carbonyl (C=O) groups is 1. The lowest BCUT2D eigenvalue weighted by Gasteiger charge is -2.32. The van der Waals surface area contributed by atoms with E-state index < -0.39 is 0 Å². The zero-order valence-corrected chi connectivity index (χ0v) is 16.8. The highest BCUT2D eigenvalue weighted by Gasteiger charge is 2.22. The van der Waals surface area contributed by atoms with Crippen molar-refractivity contribution in [1.29, 1.82) is 5.26 Å². The van der Waals surface area contributed by atoms with E-state index in [-0.39, 0.29) is 5.91 Å². The molecule has 9 nitrogen and oxygen atoms in total. The van der Waals surface area contributed by atoms with Crippen LogP contribution in [-0.2, 0) is 4.79 Å². The number of para-hydroxylation sites is 2. The Labute approximate surface area is 175 Å². The molecular formula is C21H23N7O2. The third-order valence-corrected chi connectivity index (χ3v) is 5.00. The topological polar surface area (TPSA) is 106 Å². The molecule has 1 aromatic carbocycles. The van der Waals surface area contributed by atoms with Gasteiger partial charge >= 0.3 is 0 Å². The summed E-state index contributed by atoms with van der Waals surface area (Å²) in [5.41, 5.74) is 1.59. The molecule has 3 heterocycles. The number of benzene rings is 1. The van der Waals surface area contributed by atoms with Crippen molar-refractivity contribution in [3.8, 4) is 11.8 Å². The molecule has 0 bridgehead atoms. The predicted octanol–water partition coefficient (Wildman–Crippen LogP) is 1.75. The number of piperazine rings is 1. The van der Waals surface area contributed by atoms with Gasteiger partial charge in [-0.1, -0.05) is 12.1 Å². The number of aromatic nitrogens is 2. The monoisotopic (exact) mass is 405 g/mol. The number of nitriles is 1. The first-order valence-corrected chi connectivity index (χ1v) is 9.86. The SMILES string of the molecule is CN1CCN(CCCNc2nccc(/C(C#N)=C3/Nc4ccccc4O3)n2)C(=O)C1. The number of rotatable bonds is 6. The summed E-state index contributed by atoms with van der Waals surface area (Å²) >= 11 is 0. The minimum Gasteiger partial charge on any atom is -0.437 e. The van der Waals surface area contributed by atoms with Gasteiger partial charge < -0.3 is 20.3 Å². The Morgan fingerprint density at radius 2 is 2.20 bits per heavy atom. The van der Waals surface area contributed by atoms with E-state index in [2.05, 4.69) is 26.7 Å². The first kappa shape index (κ1) is 19.7. The number of allylic oxidation sites excluding steroid dienone is 1. The minimum atomic E-state index is 0.164. The number of nitrogens with one attached hydrogen (secondary N) is 2. The van der Waals surface area contributed by atoms with E-state index in [0.717, 1.165) is 25.2 Å². The lowest BCUT2D eigenvalue weighted by molar-refractivity contribution is -0.135. The van der Waals surface area contributed by atoms with Crippen molar-refractivity contribution < 1.29 is 9.53 Å². The van der Waals surface area contributed by atoms with Crippen LogP contribution in [-0.4, -0.2) is 65.4 Å². The largest absolute Gasteiger partial charge is 0.437 e.